The normalized spacial score (nSPS) is 11.3. The number of hydrogen-bond donors (Lipinski definition) is 2. The molecule has 8 heteroatoms. The number of aliphatic carboxylic acids is 1. The Morgan fingerprint density at radius 2 is 1.89 bits per heavy atom. The summed E-state index contributed by atoms with van der Waals surface area (Å²) in [5.74, 6) is -1.09. The number of carboxylic acid groups (broad SMARTS) is 1. The third kappa shape index (κ3) is 3.63. The highest BCUT2D eigenvalue weighted by Crippen LogP contribution is 2.41. The summed E-state index contributed by atoms with van der Waals surface area (Å²) < 4.78 is 0. The lowest BCUT2D eigenvalue weighted by molar-refractivity contribution is -0.136. The Hall–Kier alpha value is -3.33. The van der Waals surface area contributed by atoms with Crippen LogP contribution >= 0.6 is 23.1 Å². The van der Waals surface area contributed by atoms with Crippen LogP contribution in [0.2, 0.25) is 0 Å². The van der Waals surface area contributed by atoms with Gasteiger partial charge in [-0.15, -0.1) is 0 Å². The smallest absolute Gasteiger partial charge is 0.321 e. The summed E-state index contributed by atoms with van der Waals surface area (Å²) in [5, 5.41) is 31.7. The molecule has 1 atom stereocenters. The fourth-order valence-electron chi connectivity index (χ4n) is 2.58. The number of anilines is 1. The van der Waals surface area contributed by atoms with Gasteiger partial charge < -0.3 is 10.8 Å². The van der Waals surface area contributed by atoms with Crippen molar-refractivity contribution >= 4 is 34.9 Å². The monoisotopic (exact) mass is 392 g/mol. The van der Waals surface area contributed by atoms with Gasteiger partial charge in [0.2, 0.25) is 0 Å². The molecule has 3 N–H and O–H groups in total. The van der Waals surface area contributed by atoms with Crippen LogP contribution in [0.4, 0.5) is 5.82 Å². The third-order valence-corrected chi connectivity index (χ3v) is 5.69. The molecule has 3 rings (SSSR count). The number of carboxylic acids is 1. The maximum atomic E-state index is 11.8. The van der Waals surface area contributed by atoms with E-state index in [1.165, 1.54) is 11.3 Å². The number of benzene rings is 1. The van der Waals surface area contributed by atoms with Gasteiger partial charge in [-0.05, 0) is 28.0 Å². The second-order valence-electron chi connectivity index (χ2n) is 5.41. The summed E-state index contributed by atoms with van der Waals surface area (Å²) in [7, 11) is 0. The van der Waals surface area contributed by atoms with E-state index in [1.54, 1.807) is 41.8 Å². The van der Waals surface area contributed by atoms with E-state index in [0.29, 0.717) is 16.7 Å². The van der Waals surface area contributed by atoms with Crippen molar-refractivity contribution in [3.63, 3.8) is 0 Å². The van der Waals surface area contributed by atoms with Crippen LogP contribution in [0.1, 0.15) is 21.9 Å². The maximum Gasteiger partial charge on any atom is 0.321 e. The first kappa shape index (κ1) is 18.5. The van der Waals surface area contributed by atoms with Gasteiger partial charge in [0.05, 0.1) is 5.56 Å². The van der Waals surface area contributed by atoms with E-state index >= 15 is 0 Å². The van der Waals surface area contributed by atoms with Gasteiger partial charge in [-0.2, -0.15) is 21.9 Å². The largest absolute Gasteiger partial charge is 0.480 e. The van der Waals surface area contributed by atoms with Crippen molar-refractivity contribution in [2.24, 2.45) is 0 Å². The zero-order valence-corrected chi connectivity index (χ0v) is 15.4. The molecule has 2 aromatic heterocycles. The van der Waals surface area contributed by atoms with Crippen molar-refractivity contribution in [2.45, 2.75) is 10.3 Å². The van der Waals surface area contributed by atoms with E-state index < -0.39 is 11.2 Å². The number of carbonyl (C=O) groups is 1. The van der Waals surface area contributed by atoms with E-state index in [1.807, 2.05) is 11.4 Å². The Kier molecular flexibility index (Phi) is 5.41. The summed E-state index contributed by atoms with van der Waals surface area (Å²) in [6, 6.07) is 14.5. The van der Waals surface area contributed by atoms with Crippen molar-refractivity contribution in [2.75, 3.05) is 5.73 Å². The van der Waals surface area contributed by atoms with Gasteiger partial charge in [-0.25, -0.2) is 4.98 Å². The van der Waals surface area contributed by atoms with Crippen LogP contribution < -0.4 is 5.73 Å². The average molecular weight is 392 g/mol. The van der Waals surface area contributed by atoms with Crippen LogP contribution in [-0.4, -0.2) is 16.1 Å². The molecule has 1 unspecified atom stereocenters. The van der Waals surface area contributed by atoms with E-state index in [9.17, 15) is 20.4 Å². The van der Waals surface area contributed by atoms with Gasteiger partial charge in [-0.3, -0.25) is 4.79 Å². The van der Waals surface area contributed by atoms with Crippen molar-refractivity contribution < 1.29 is 9.90 Å². The number of pyridine rings is 1. The molecular weight excluding hydrogens is 380 g/mol. The van der Waals surface area contributed by atoms with Crippen molar-refractivity contribution in [1.29, 1.82) is 10.5 Å². The number of thioether (sulfide) groups is 1. The minimum Gasteiger partial charge on any atom is -0.480 e. The predicted octanol–water partition coefficient (Wildman–Crippen LogP) is 4.05. The van der Waals surface area contributed by atoms with Crippen molar-refractivity contribution in [1.82, 2.24) is 4.98 Å². The Labute approximate surface area is 163 Å². The van der Waals surface area contributed by atoms with Crippen LogP contribution in [-0.2, 0) is 4.79 Å². The Morgan fingerprint density at radius 3 is 2.44 bits per heavy atom. The first-order valence-corrected chi connectivity index (χ1v) is 9.49. The molecule has 27 heavy (non-hydrogen) atoms. The van der Waals surface area contributed by atoms with Crippen molar-refractivity contribution in [3.8, 4) is 23.3 Å². The molecule has 2 heterocycles. The van der Waals surface area contributed by atoms with Gasteiger partial charge >= 0.3 is 5.97 Å². The molecule has 3 aromatic rings. The van der Waals surface area contributed by atoms with Gasteiger partial charge in [0.25, 0.3) is 0 Å². The molecule has 0 radical (unpaired) electrons. The average Bonchev–Trinajstić information content (AvgIpc) is 3.20. The predicted molar refractivity (Wildman–Crippen MR) is 104 cm³/mol. The van der Waals surface area contributed by atoms with Gasteiger partial charge in [0.15, 0.2) is 0 Å². The molecule has 0 bridgehead atoms. The first-order chi connectivity index (χ1) is 13.1. The molecule has 0 amide bonds. The second-order valence-corrected chi connectivity index (χ2v) is 7.28. The summed E-state index contributed by atoms with van der Waals surface area (Å²) in [4.78, 5) is 16.0. The number of nitrogens with two attached hydrogens (primary N) is 1. The SMILES string of the molecule is N#Cc1c(N)nc(SC(C(=O)O)c2ccccc2)c(C#N)c1-c1ccsc1. The summed E-state index contributed by atoms with van der Waals surface area (Å²) >= 11 is 2.35. The molecular formula is C19H12N4O2S2. The number of aromatic nitrogens is 1. The highest BCUT2D eigenvalue weighted by molar-refractivity contribution is 8.00. The lowest BCUT2D eigenvalue weighted by Gasteiger charge is -2.16. The minimum absolute atomic E-state index is 0.0302. The lowest BCUT2D eigenvalue weighted by atomic mass is 9.99. The standard InChI is InChI=1S/C19H12N4O2S2/c20-8-13-15(12-6-7-26-10-12)14(9-21)18(23-17(13)22)27-16(19(24)25)11-4-2-1-3-5-11/h1-7,10,16H,(H2,22,23)(H,24,25). The zero-order chi connectivity index (χ0) is 19.4. The quantitative estimate of drug-likeness (QED) is 0.628. The molecule has 0 saturated carbocycles. The lowest BCUT2D eigenvalue weighted by Crippen LogP contribution is -2.10. The van der Waals surface area contributed by atoms with E-state index in [4.69, 9.17) is 5.73 Å². The third-order valence-electron chi connectivity index (χ3n) is 3.78. The second kappa shape index (κ2) is 7.92. The molecule has 0 saturated heterocycles. The molecule has 132 valence electrons. The summed E-state index contributed by atoms with van der Waals surface area (Å²) in [5.41, 5.74) is 7.84. The molecule has 1 aromatic carbocycles. The van der Waals surface area contributed by atoms with Gasteiger partial charge in [-0.1, -0.05) is 42.1 Å². The number of thiophene rings is 1. The van der Waals surface area contributed by atoms with Crippen LogP contribution in [0, 0.1) is 22.7 Å². The molecule has 0 aliphatic heterocycles. The van der Waals surface area contributed by atoms with Crippen LogP contribution in [0.5, 0.6) is 0 Å². The molecule has 0 aliphatic rings. The molecule has 0 spiro atoms. The number of nitriles is 2. The number of rotatable bonds is 5. The van der Waals surface area contributed by atoms with E-state index in [0.717, 1.165) is 11.8 Å². The highest BCUT2D eigenvalue weighted by atomic mass is 32.2. The van der Waals surface area contributed by atoms with Crippen LogP contribution in [0.3, 0.4) is 0 Å². The van der Waals surface area contributed by atoms with E-state index in [-0.39, 0.29) is 22.0 Å². The number of nitrogens with zero attached hydrogens (tertiary/aromatic N) is 3. The zero-order valence-electron chi connectivity index (χ0n) is 13.8. The maximum absolute atomic E-state index is 11.8. The van der Waals surface area contributed by atoms with E-state index in [2.05, 4.69) is 11.1 Å². The minimum atomic E-state index is -1.06. The van der Waals surface area contributed by atoms with Crippen LogP contribution in [0.15, 0.2) is 52.2 Å². The Bertz CT molecular complexity index is 1070. The number of hydrogen-bond acceptors (Lipinski definition) is 7. The van der Waals surface area contributed by atoms with Gasteiger partial charge in [0.1, 0.15) is 33.8 Å². The first-order valence-electron chi connectivity index (χ1n) is 7.67. The fourth-order valence-corrected chi connectivity index (χ4v) is 4.26. The molecule has 0 fully saturated rings. The molecule has 0 aliphatic carbocycles. The fraction of sp³-hybridized carbons (Fsp3) is 0.0526. The highest BCUT2D eigenvalue weighted by Gasteiger charge is 2.27. The van der Waals surface area contributed by atoms with Gasteiger partial charge in [0, 0.05) is 5.56 Å². The Balaban J connectivity index is 2.18. The number of nitrogen functional groups attached to an aromatic ring is 1. The summed E-state index contributed by atoms with van der Waals surface area (Å²) in [6.07, 6.45) is 0. The summed E-state index contributed by atoms with van der Waals surface area (Å²) in [6.45, 7) is 0. The van der Waals surface area contributed by atoms with Crippen molar-refractivity contribution in [3.05, 3.63) is 63.8 Å². The van der Waals surface area contributed by atoms with Crippen LogP contribution in [0.25, 0.3) is 11.1 Å². The topological polar surface area (TPSA) is 124 Å². The molecule has 6 nitrogen and oxygen atoms in total. The Morgan fingerprint density at radius 1 is 1.19 bits per heavy atom.